The molecule has 0 fully saturated rings. The molecule has 0 heterocycles. The maximum absolute atomic E-state index is 11.6. The van der Waals surface area contributed by atoms with E-state index in [2.05, 4.69) is 19.6 Å². The highest BCUT2D eigenvalue weighted by Crippen LogP contribution is 2.03. The number of rotatable bonds is 6. The zero-order chi connectivity index (χ0) is 17.4. The topological polar surface area (TPSA) is 60.8 Å². The van der Waals surface area contributed by atoms with Gasteiger partial charge in [0.25, 0.3) is 0 Å². The molecule has 4 nitrogen and oxygen atoms in total. The minimum atomic E-state index is -0.842. The van der Waals surface area contributed by atoms with Crippen molar-refractivity contribution in [2.24, 2.45) is 0 Å². The number of unbranched alkanes of at least 4 members (excludes halogenated alkanes) is 1. The molecule has 0 aromatic heterocycles. The van der Waals surface area contributed by atoms with Gasteiger partial charge in [0, 0.05) is 12.0 Å². The standard InChI is InChI=1S/C7H7F2N.C4H8O2S.C4H10O/c8-10(9)6-7-4-2-1-3-5-7;1-2-3(7)4(5)6;1-2-3-4-5/h1-5H,6H2;3,7H,2H2,1H3,(H,5,6);5H,2-4H2,1H3. The van der Waals surface area contributed by atoms with E-state index in [9.17, 15) is 13.8 Å². The number of nitrogens with zero attached hydrogens (tertiary/aromatic N) is 1. The molecule has 0 amide bonds. The molecule has 0 aliphatic carbocycles. The number of hydrogen-bond acceptors (Lipinski definition) is 4. The average Bonchev–Trinajstić information content (AvgIpc) is 2.49. The predicted octanol–water partition coefficient (Wildman–Crippen LogP) is 3.82. The number of benzene rings is 1. The van der Waals surface area contributed by atoms with Gasteiger partial charge < -0.3 is 10.2 Å². The van der Waals surface area contributed by atoms with Crippen molar-refractivity contribution in [1.29, 1.82) is 0 Å². The number of aliphatic carboxylic acids is 1. The van der Waals surface area contributed by atoms with Crippen molar-refractivity contribution in [3.8, 4) is 0 Å². The fraction of sp³-hybridized carbons (Fsp3) is 0.533. The smallest absolute Gasteiger partial charge is 0.316 e. The summed E-state index contributed by atoms with van der Waals surface area (Å²) in [5.41, 5.74) is 0.618. The van der Waals surface area contributed by atoms with Gasteiger partial charge in [0.05, 0.1) is 11.8 Å². The maximum atomic E-state index is 11.6. The Morgan fingerprint density at radius 1 is 1.27 bits per heavy atom. The Morgan fingerprint density at radius 3 is 2.05 bits per heavy atom. The summed E-state index contributed by atoms with van der Waals surface area (Å²) in [5, 5.41) is 14.8. The number of aliphatic hydroxyl groups excluding tert-OH is 1. The number of carbonyl (C=O) groups is 1. The summed E-state index contributed by atoms with van der Waals surface area (Å²) in [6, 6.07) is 8.58. The molecule has 22 heavy (non-hydrogen) atoms. The highest BCUT2D eigenvalue weighted by atomic mass is 32.1. The summed E-state index contributed by atoms with van der Waals surface area (Å²) in [4.78, 5) is 9.85. The predicted molar refractivity (Wildman–Crippen MR) is 86.9 cm³/mol. The molecular formula is C15H25F2NO3S. The third-order valence-electron chi connectivity index (χ3n) is 2.33. The van der Waals surface area contributed by atoms with Gasteiger partial charge >= 0.3 is 5.97 Å². The number of carboxylic acid groups (broad SMARTS) is 1. The van der Waals surface area contributed by atoms with Crippen molar-refractivity contribution >= 4 is 18.6 Å². The van der Waals surface area contributed by atoms with E-state index in [1.54, 1.807) is 37.3 Å². The zero-order valence-corrected chi connectivity index (χ0v) is 13.8. The van der Waals surface area contributed by atoms with E-state index in [0.29, 0.717) is 18.6 Å². The summed E-state index contributed by atoms with van der Waals surface area (Å²) in [6.07, 6.45) is 2.62. The van der Waals surface area contributed by atoms with E-state index in [-0.39, 0.29) is 6.54 Å². The van der Waals surface area contributed by atoms with Gasteiger partial charge in [-0.2, -0.15) is 12.6 Å². The second kappa shape index (κ2) is 16.2. The first-order valence-electron chi connectivity index (χ1n) is 7.03. The van der Waals surface area contributed by atoms with Crippen molar-refractivity contribution < 1.29 is 24.0 Å². The first-order valence-corrected chi connectivity index (χ1v) is 7.55. The highest BCUT2D eigenvalue weighted by Gasteiger charge is 2.06. The van der Waals surface area contributed by atoms with E-state index in [0.717, 1.165) is 12.8 Å². The number of hydrogen-bond donors (Lipinski definition) is 3. The molecule has 0 spiro atoms. The fourth-order valence-electron chi connectivity index (χ4n) is 1.05. The van der Waals surface area contributed by atoms with E-state index in [1.165, 1.54) is 0 Å². The molecular weight excluding hydrogens is 312 g/mol. The van der Waals surface area contributed by atoms with Crippen molar-refractivity contribution in [3.63, 3.8) is 0 Å². The van der Waals surface area contributed by atoms with Gasteiger partial charge in [-0.15, -0.1) is 8.96 Å². The van der Waals surface area contributed by atoms with Gasteiger partial charge in [0.15, 0.2) is 0 Å². The van der Waals surface area contributed by atoms with Crippen LogP contribution >= 0.6 is 12.6 Å². The Morgan fingerprint density at radius 2 is 1.82 bits per heavy atom. The quantitative estimate of drug-likeness (QED) is 0.546. The lowest BCUT2D eigenvalue weighted by molar-refractivity contribution is -0.161. The van der Waals surface area contributed by atoms with Crippen molar-refractivity contribution in [2.45, 2.75) is 44.9 Å². The maximum Gasteiger partial charge on any atom is 0.316 e. The summed E-state index contributed by atoms with van der Waals surface area (Å²) >= 11 is 3.73. The minimum absolute atomic E-state index is 0.305. The van der Waals surface area contributed by atoms with Crippen LogP contribution in [0, 0.1) is 0 Å². The lowest BCUT2D eigenvalue weighted by Crippen LogP contribution is -2.10. The van der Waals surface area contributed by atoms with Crippen LogP contribution in [-0.4, -0.2) is 33.4 Å². The van der Waals surface area contributed by atoms with Gasteiger partial charge in [-0.3, -0.25) is 4.79 Å². The van der Waals surface area contributed by atoms with Crippen LogP contribution in [0.5, 0.6) is 0 Å². The summed E-state index contributed by atoms with van der Waals surface area (Å²) in [5.74, 6) is -0.842. The van der Waals surface area contributed by atoms with Crippen LogP contribution in [0.15, 0.2) is 30.3 Å². The van der Waals surface area contributed by atoms with Crippen LogP contribution in [-0.2, 0) is 11.3 Å². The number of thiol groups is 1. The Hall–Kier alpha value is -1.18. The molecule has 2 N–H and O–H groups in total. The van der Waals surface area contributed by atoms with Gasteiger partial charge in [-0.1, -0.05) is 50.6 Å². The average molecular weight is 337 g/mol. The minimum Gasteiger partial charge on any atom is -0.480 e. The van der Waals surface area contributed by atoms with Crippen LogP contribution in [0.2, 0.25) is 0 Å². The number of aliphatic hydroxyl groups is 1. The van der Waals surface area contributed by atoms with E-state index >= 15 is 0 Å². The molecule has 7 heteroatoms. The fourth-order valence-corrected chi connectivity index (χ4v) is 1.05. The monoisotopic (exact) mass is 337 g/mol. The van der Waals surface area contributed by atoms with Crippen LogP contribution in [0.4, 0.5) is 8.96 Å². The lowest BCUT2D eigenvalue weighted by atomic mass is 10.2. The Kier molecular flexibility index (Phi) is 17.0. The Balaban J connectivity index is 0. The summed E-state index contributed by atoms with van der Waals surface area (Å²) in [7, 11) is 0. The van der Waals surface area contributed by atoms with E-state index in [4.69, 9.17) is 10.2 Å². The van der Waals surface area contributed by atoms with Gasteiger partial charge in [0.2, 0.25) is 0 Å². The Labute approximate surface area is 136 Å². The van der Waals surface area contributed by atoms with Crippen LogP contribution in [0.3, 0.4) is 0 Å². The molecule has 128 valence electrons. The molecule has 0 aliphatic heterocycles. The molecule has 0 saturated heterocycles. The normalized spacial score (nSPS) is 10.9. The van der Waals surface area contributed by atoms with Gasteiger partial charge in [-0.05, 0) is 18.4 Å². The molecule has 1 aromatic carbocycles. The second-order valence-electron chi connectivity index (χ2n) is 4.29. The van der Waals surface area contributed by atoms with Crippen molar-refractivity contribution in [1.82, 2.24) is 5.34 Å². The van der Waals surface area contributed by atoms with Crippen LogP contribution in [0.1, 0.15) is 38.7 Å². The first-order chi connectivity index (χ1) is 10.4. The van der Waals surface area contributed by atoms with Gasteiger partial charge in [0.1, 0.15) is 0 Å². The molecule has 0 aliphatic rings. The van der Waals surface area contributed by atoms with Crippen molar-refractivity contribution in [2.75, 3.05) is 6.61 Å². The number of halogens is 2. The van der Waals surface area contributed by atoms with Crippen LogP contribution in [0.25, 0.3) is 0 Å². The largest absolute Gasteiger partial charge is 0.480 e. The first kappa shape index (κ1) is 23.1. The Bertz CT molecular complexity index is 365. The third kappa shape index (κ3) is 16.9. The SMILES string of the molecule is CCC(S)C(=O)O.CCCCO.FN(F)Cc1ccccc1. The highest BCUT2D eigenvalue weighted by molar-refractivity contribution is 7.81. The molecule has 0 bridgehead atoms. The zero-order valence-electron chi connectivity index (χ0n) is 13.0. The van der Waals surface area contributed by atoms with E-state index in [1.807, 2.05) is 0 Å². The van der Waals surface area contributed by atoms with Crippen molar-refractivity contribution in [3.05, 3.63) is 35.9 Å². The van der Waals surface area contributed by atoms with Gasteiger partial charge in [-0.25, -0.2) is 0 Å². The molecule has 1 rings (SSSR count). The molecule has 1 unspecified atom stereocenters. The number of carboxylic acids is 1. The van der Waals surface area contributed by atoms with E-state index < -0.39 is 16.6 Å². The summed E-state index contributed by atoms with van der Waals surface area (Å²) in [6.45, 7) is 3.87. The molecule has 1 atom stereocenters. The summed E-state index contributed by atoms with van der Waals surface area (Å²) < 4.78 is 23.1. The lowest BCUT2D eigenvalue weighted by Gasteiger charge is -1.98. The molecule has 0 radical (unpaired) electrons. The third-order valence-corrected chi connectivity index (χ3v) is 2.91. The van der Waals surface area contributed by atoms with Crippen LogP contribution < -0.4 is 0 Å². The molecule has 0 saturated carbocycles. The molecule has 1 aromatic rings. The second-order valence-corrected chi connectivity index (χ2v) is 4.91.